The van der Waals surface area contributed by atoms with Gasteiger partial charge in [0.1, 0.15) is 42.3 Å². The van der Waals surface area contributed by atoms with Crippen molar-refractivity contribution in [2.24, 2.45) is 5.92 Å². The largest absolute Gasteiger partial charge is 0.468 e. The number of aliphatic hydroxyl groups excluding tert-OH is 2. The minimum atomic E-state index is -4.44. The molecule has 2 aromatic heterocycles. The van der Waals surface area contributed by atoms with Crippen LogP contribution in [-0.4, -0.2) is 81.6 Å². The number of nitrogens with one attached hydrogen (secondary N) is 1. The van der Waals surface area contributed by atoms with E-state index in [2.05, 4.69) is 19.9 Å². The Morgan fingerprint density at radius 2 is 1.95 bits per heavy atom. The maximum absolute atomic E-state index is 13.6. The molecule has 0 bridgehead atoms. The molecule has 2 aromatic rings. The number of hydrogen-bond acceptors (Lipinski definition) is 14. The van der Waals surface area contributed by atoms with Crippen LogP contribution in [0, 0.1) is 17.2 Å². The summed E-state index contributed by atoms with van der Waals surface area (Å²) in [6.45, 7) is 3.77. The molecule has 1 aliphatic rings. The lowest BCUT2D eigenvalue weighted by molar-refractivity contribution is -0.156. The van der Waals surface area contributed by atoms with Gasteiger partial charge in [-0.15, -0.1) is 0 Å². The Kier molecular flexibility index (Phi) is 11.4. The monoisotopic (exact) mass is 612 g/mol. The van der Waals surface area contributed by atoms with Crippen LogP contribution in [-0.2, 0) is 43.0 Å². The summed E-state index contributed by atoms with van der Waals surface area (Å²) in [5.41, 5.74) is 4.14. The van der Waals surface area contributed by atoms with Crippen molar-refractivity contribution in [1.29, 1.82) is 5.26 Å². The first kappa shape index (κ1) is 33.3. The molecule has 1 saturated heterocycles. The number of fused-ring (bicyclic) bond motifs is 1. The average molecular weight is 613 g/mol. The highest BCUT2D eigenvalue weighted by Gasteiger charge is 2.58. The van der Waals surface area contributed by atoms with Gasteiger partial charge in [0.05, 0.1) is 25.3 Å². The number of nitrogens with zero attached hydrogens (tertiary/aromatic N) is 4. The summed E-state index contributed by atoms with van der Waals surface area (Å²) < 4.78 is 41.3. The summed E-state index contributed by atoms with van der Waals surface area (Å²) >= 11 is 0. The number of anilines is 1. The molecule has 0 radical (unpaired) electrons. The summed E-state index contributed by atoms with van der Waals surface area (Å²) in [5.74, 6) is -1.58. The minimum absolute atomic E-state index is 0.0562. The molecule has 17 heteroatoms. The molecule has 1 aliphatic heterocycles. The number of esters is 2. The highest BCUT2D eigenvalue weighted by Crippen LogP contribution is 2.47. The van der Waals surface area contributed by atoms with Gasteiger partial charge in [0.2, 0.25) is 12.4 Å². The van der Waals surface area contributed by atoms with Crippen molar-refractivity contribution >= 4 is 31.0 Å². The van der Waals surface area contributed by atoms with Gasteiger partial charge in [0, 0.05) is 0 Å². The number of aromatic nitrogens is 3. The van der Waals surface area contributed by atoms with Gasteiger partial charge in [-0.3, -0.25) is 18.6 Å². The fourth-order valence-electron chi connectivity index (χ4n) is 4.65. The summed E-state index contributed by atoms with van der Waals surface area (Å²) in [4.78, 5) is 28.4. The summed E-state index contributed by atoms with van der Waals surface area (Å²) in [6, 6.07) is 3.66. The van der Waals surface area contributed by atoms with E-state index in [1.54, 1.807) is 0 Å². The molecule has 0 spiro atoms. The Morgan fingerprint density at radius 1 is 1.26 bits per heavy atom. The van der Waals surface area contributed by atoms with E-state index in [1.165, 1.54) is 23.6 Å². The van der Waals surface area contributed by atoms with Crippen LogP contribution in [0.4, 0.5) is 5.82 Å². The molecule has 1 fully saturated rings. The van der Waals surface area contributed by atoms with Crippen molar-refractivity contribution in [2.45, 2.75) is 76.4 Å². The number of methoxy groups -OCH3 is 1. The van der Waals surface area contributed by atoms with Gasteiger partial charge >= 0.3 is 19.7 Å². The van der Waals surface area contributed by atoms with Gasteiger partial charge in [-0.2, -0.15) is 10.4 Å². The second-order valence-electron chi connectivity index (χ2n) is 9.75. The predicted octanol–water partition coefficient (Wildman–Crippen LogP) is 1.16. The number of carbonyl (C=O) groups excluding carboxylic acids is 2. The second-order valence-corrected chi connectivity index (χ2v) is 11.5. The van der Waals surface area contributed by atoms with Crippen LogP contribution in [0.3, 0.4) is 0 Å². The van der Waals surface area contributed by atoms with E-state index in [1.807, 2.05) is 19.9 Å². The molecule has 0 aromatic carbocycles. The van der Waals surface area contributed by atoms with E-state index < -0.39 is 63.0 Å². The third-order valence-electron chi connectivity index (χ3n) is 6.83. The molecule has 5 N–H and O–H groups in total. The molecule has 0 amide bonds. The Hall–Kier alpha value is -3.16. The molecule has 3 rings (SSSR count). The molecule has 6 atom stereocenters. The number of carbonyl (C=O) groups is 2. The summed E-state index contributed by atoms with van der Waals surface area (Å²) in [7, 11) is -3.31. The lowest BCUT2D eigenvalue weighted by Gasteiger charge is -2.25. The van der Waals surface area contributed by atoms with Crippen LogP contribution in [0.1, 0.15) is 52.1 Å². The fourth-order valence-corrected chi connectivity index (χ4v) is 5.99. The van der Waals surface area contributed by atoms with Crippen LogP contribution >= 0.6 is 7.75 Å². The van der Waals surface area contributed by atoms with Crippen molar-refractivity contribution in [3.63, 3.8) is 0 Å². The quantitative estimate of drug-likeness (QED) is 0.126. The number of ether oxygens (including phenoxy) is 3. The number of nitrogens with two attached hydrogens (primary N) is 1. The Morgan fingerprint density at radius 3 is 2.57 bits per heavy atom. The zero-order chi connectivity index (χ0) is 31.1. The van der Waals surface area contributed by atoms with E-state index in [9.17, 15) is 29.6 Å². The van der Waals surface area contributed by atoms with E-state index >= 15 is 0 Å². The Balaban J connectivity index is 1.78. The molecular weight excluding hydrogens is 575 g/mol. The maximum Gasteiger partial charge on any atom is 0.409 e. The van der Waals surface area contributed by atoms with Crippen molar-refractivity contribution in [3.05, 3.63) is 24.2 Å². The zero-order valence-corrected chi connectivity index (χ0v) is 24.7. The average Bonchev–Trinajstić information content (AvgIpc) is 3.51. The van der Waals surface area contributed by atoms with E-state index in [0.29, 0.717) is 18.4 Å². The highest BCUT2D eigenvalue weighted by atomic mass is 31.2. The number of hydrogen-bond donors (Lipinski definition) is 4. The second kappa shape index (κ2) is 14.3. The van der Waals surface area contributed by atoms with Crippen LogP contribution in [0.15, 0.2) is 18.5 Å². The normalized spacial score (nSPS) is 24.3. The fraction of sp³-hybridized carbons (Fsp3) is 0.640. The highest BCUT2D eigenvalue weighted by molar-refractivity contribution is 7.51. The van der Waals surface area contributed by atoms with Gasteiger partial charge < -0.3 is 30.2 Å². The molecular formula is C25H37N6O10P. The number of aliphatic hydroxyl groups is 2. The lowest BCUT2D eigenvalue weighted by Crippen LogP contribution is -2.41. The number of nitrogen functional groups attached to an aromatic ring is 1. The Labute approximate surface area is 242 Å². The van der Waals surface area contributed by atoms with Crippen molar-refractivity contribution < 1.29 is 47.6 Å². The molecule has 3 heterocycles. The third-order valence-corrected chi connectivity index (χ3v) is 8.47. The first-order chi connectivity index (χ1) is 20.0. The minimum Gasteiger partial charge on any atom is -0.468 e. The third kappa shape index (κ3) is 7.07. The summed E-state index contributed by atoms with van der Waals surface area (Å²) in [5, 5.41) is 38.3. The van der Waals surface area contributed by atoms with Crippen LogP contribution < -0.4 is 10.8 Å². The molecule has 0 unspecified atom stereocenters. The van der Waals surface area contributed by atoms with Gasteiger partial charge in [0.15, 0.2) is 5.82 Å². The topological polar surface area (TPSA) is 230 Å². The van der Waals surface area contributed by atoms with Gasteiger partial charge in [0.25, 0.3) is 0 Å². The molecule has 0 aliphatic carbocycles. The molecule has 0 saturated carbocycles. The molecule has 232 valence electrons. The number of rotatable bonds is 15. The van der Waals surface area contributed by atoms with Crippen LogP contribution in [0.5, 0.6) is 0 Å². The Bertz CT molecular complexity index is 1330. The molecule has 16 nitrogen and oxygen atoms in total. The van der Waals surface area contributed by atoms with E-state index in [4.69, 9.17) is 24.3 Å². The van der Waals surface area contributed by atoms with E-state index in [-0.39, 0.29) is 17.4 Å². The summed E-state index contributed by atoms with van der Waals surface area (Å²) in [6.07, 6.45) is -1.000. The first-order valence-corrected chi connectivity index (χ1v) is 15.0. The predicted molar refractivity (Wildman–Crippen MR) is 145 cm³/mol. The van der Waals surface area contributed by atoms with Crippen molar-refractivity contribution in [1.82, 2.24) is 19.7 Å². The smallest absolute Gasteiger partial charge is 0.409 e. The van der Waals surface area contributed by atoms with Crippen LogP contribution in [0.2, 0.25) is 0 Å². The van der Waals surface area contributed by atoms with Gasteiger partial charge in [-0.25, -0.2) is 19.2 Å². The van der Waals surface area contributed by atoms with E-state index in [0.717, 1.165) is 26.3 Å². The SMILES string of the molecule is CCCC(CCC)C(=O)OCO[P@](=O)(N[C@@H](C)C(=O)OC)OC[C@H]1O[C@@](C#N)(c2ccc3c(N)ncnn23)[C@H](O)[C@@H]1O. The van der Waals surface area contributed by atoms with Crippen LogP contribution in [0.25, 0.3) is 5.52 Å². The zero-order valence-electron chi connectivity index (χ0n) is 23.8. The molecule has 42 heavy (non-hydrogen) atoms. The lowest BCUT2D eigenvalue weighted by atomic mass is 9.92. The van der Waals surface area contributed by atoms with Gasteiger partial charge in [-0.1, -0.05) is 26.7 Å². The van der Waals surface area contributed by atoms with Gasteiger partial charge in [-0.05, 0) is 31.9 Å². The van der Waals surface area contributed by atoms with Crippen molar-refractivity contribution in [3.8, 4) is 6.07 Å². The maximum atomic E-state index is 13.6. The number of nitriles is 1. The standard InChI is InChI=1S/C25H37N6O10P/c1-5-7-16(8-6-2)24(35)38-14-40-42(36,30-15(3)23(34)37-4)39-11-18-20(32)21(33)25(12-26,41-18)19-10-9-17-22(27)28-13-29-31(17)19/h9-10,13,15-16,18,20-21,32-33H,5-8,11,14H2,1-4H3,(H,30,36)(H2,27,28,29)/t15-,18+,20+,21+,25-,42-/m0/s1. The van der Waals surface area contributed by atoms with Crippen molar-refractivity contribution in [2.75, 3.05) is 26.2 Å². The first-order valence-electron chi connectivity index (χ1n) is 13.4.